The lowest BCUT2D eigenvalue weighted by Gasteiger charge is -2.39. The minimum Gasteiger partial charge on any atom is -0.508 e. The fourth-order valence-electron chi connectivity index (χ4n) is 2.38. The number of anilines is 1. The van der Waals surface area contributed by atoms with E-state index < -0.39 is 5.54 Å². The van der Waals surface area contributed by atoms with Gasteiger partial charge in [0.25, 0.3) is 0 Å². The average molecular weight is 277 g/mol. The summed E-state index contributed by atoms with van der Waals surface area (Å²) in [5.74, 6) is 0.217. The molecule has 0 saturated carbocycles. The second-order valence-electron chi connectivity index (χ2n) is 5.75. The number of carbonyl (C=O) groups excluding carboxylic acids is 1. The zero-order chi connectivity index (χ0) is 14.8. The summed E-state index contributed by atoms with van der Waals surface area (Å²) in [5.41, 5.74) is 0.921. The van der Waals surface area contributed by atoms with Crippen LogP contribution >= 0.6 is 0 Å². The molecule has 0 radical (unpaired) electrons. The van der Waals surface area contributed by atoms with E-state index >= 15 is 0 Å². The van der Waals surface area contributed by atoms with E-state index in [2.05, 4.69) is 15.5 Å². The summed E-state index contributed by atoms with van der Waals surface area (Å²) in [6.45, 7) is 9.27. The average Bonchev–Trinajstić information content (AvgIpc) is 2.44. The maximum atomic E-state index is 12.5. The standard InChI is InChI=1S/C15H23N3O2/c1-11-10-12(4-5-13(11)19)17-14(20)15(2,3)18-8-6-16-7-9-18/h4-5,10,16,19H,6-9H2,1-3H3,(H,17,20). The van der Waals surface area contributed by atoms with Gasteiger partial charge in [-0.3, -0.25) is 9.69 Å². The number of nitrogens with one attached hydrogen (secondary N) is 2. The molecule has 0 bridgehead atoms. The summed E-state index contributed by atoms with van der Waals surface area (Å²) in [6, 6.07) is 5.10. The second kappa shape index (κ2) is 5.81. The van der Waals surface area contributed by atoms with Gasteiger partial charge in [0.05, 0.1) is 5.54 Å². The van der Waals surface area contributed by atoms with Crippen LogP contribution in [-0.4, -0.2) is 47.6 Å². The highest BCUT2D eigenvalue weighted by Crippen LogP contribution is 2.22. The largest absolute Gasteiger partial charge is 0.508 e. The van der Waals surface area contributed by atoms with Crippen LogP contribution in [0.4, 0.5) is 5.69 Å². The Balaban J connectivity index is 2.07. The van der Waals surface area contributed by atoms with E-state index in [4.69, 9.17) is 0 Å². The van der Waals surface area contributed by atoms with Crippen LogP contribution in [-0.2, 0) is 4.79 Å². The Bertz CT molecular complexity index is 494. The van der Waals surface area contributed by atoms with Crippen molar-refractivity contribution in [2.75, 3.05) is 31.5 Å². The second-order valence-corrected chi connectivity index (χ2v) is 5.75. The molecule has 2 rings (SSSR count). The number of rotatable bonds is 3. The van der Waals surface area contributed by atoms with Gasteiger partial charge in [0.2, 0.25) is 5.91 Å². The number of piperazine rings is 1. The van der Waals surface area contributed by atoms with E-state index in [1.807, 2.05) is 20.8 Å². The van der Waals surface area contributed by atoms with Crippen LogP contribution in [0.25, 0.3) is 0 Å². The first-order valence-electron chi connectivity index (χ1n) is 6.98. The van der Waals surface area contributed by atoms with Gasteiger partial charge in [0.15, 0.2) is 0 Å². The van der Waals surface area contributed by atoms with E-state index in [1.54, 1.807) is 18.2 Å². The van der Waals surface area contributed by atoms with Crippen molar-refractivity contribution in [3.05, 3.63) is 23.8 Å². The lowest BCUT2D eigenvalue weighted by Crippen LogP contribution is -2.58. The molecule has 1 amide bonds. The van der Waals surface area contributed by atoms with Crippen LogP contribution in [0.15, 0.2) is 18.2 Å². The molecule has 1 aliphatic rings. The molecule has 5 heteroatoms. The molecule has 5 nitrogen and oxygen atoms in total. The Morgan fingerprint density at radius 2 is 2.00 bits per heavy atom. The molecule has 20 heavy (non-hydrogen) atoms. The number of amides is 1. The van der Waals surface area contributed by atoms with Crippen LogP contribution in [0.2, 0.25) is 0 Å². The maximum absolute atomic E-state index is 12.5. The van der Waals surface area contributed by atoms with Crippen molar-refractivity contribution in [3.8, 4) is 5.75 Å². The molecule has 0 unspecified atom stereocenters. The molecular formula is C15H23N3O2. The first-order chi connectivity index (χ1) is 9.41. The lowest BCUT2D eigenvalue weighted by molar-refractivity contribution is -0.126. The molecule has 3 N–H and O–H groups in total. The highest BCUT2D eigenvalue weighted by molar-refractivity contribution is 5.97. The molecule has 0 atom stereocenters. The van der Waals surface area contributed by atoms with Gasteiger partial charge in [-0.25, -0.2) is 0 Å². The summed E-state index contributed by atoms with van der Waals surface area (Å²) in [5, 5.41) is 15.7. The normalized spacial score (nSPS) is 16.9. The number of carbonyl (C=O) groups is 1. The number of phenolic OH excluding ortho intramolecular Hbond substituents is 1. The van der Waals surface area contributed by atoms with E-state index in [0.717, 1.165) is 31.7 Å². The van der Waals surface area contributed by atoms with Crippen molar-refractivity contribution in [2.24, 2.45) is 0 Å². The van der Waals surface area contributed by atoms with Gasteiger partial charge in [-0.2, -0.15) is 0 Å². The minimum atomic E-state index is -0.548. The molecule has 1 aromatic carbocycles. The number of aryl methyl sites for hydroxylation is 1. The molecule has 0 aliphatic carbocycles. The monoisotopic (exact) mass is 277 g/mol. The van der Waals surface area contributed by atoms with Crippen molar-refractivity contribution in [1.82, 2.24) is 10.2 Å². The summed E-state index contributed by atoms with van der Waals surface area (Å²) in [6.07, 6.45) is 0. The zero-order valence-electron chi connectivity index (χ0n) is 12.4. The Morgan fingerprint density at radius 3 is 2.60 bits per heavy atom. The highest BCUT2D eigenvalue weighted by Gasteiger charge is 2.35. The number of hydrogen-bond acceptors (Lipinski definition) is 4. The first kappa shape index (κ1) is 14.8. The fraction of sp³-hybridized carbons (Fsp3) is 0.533. The SMILES string of the molecule is Cc1cc(NC(=O)C(C)(C)N2CCNCC2)ccc1O. The van der Waals surface area contributed by atoms with Crippen molar-refractivity contribution in [3.63, 3.8) is 0 Å². The van der Waals surface area contributed by atoms with Crippen molar-refractivity contribution >= 4 is 11.6 Å². The van der Waals surface area contributed by atoms with Crippen LogP contribution < -0.4 is 10.6 Å². The van der Waals surface area contributed by atoms with E-state index in [9.17, 15) is 9.90 Å². The predicted molar refractivity (Wildman–Crippen MR) is 80.0 cm³/mol. The number of hydrogen-bond donors (Lipinski definition) is 3. The van der Waals surface area contributed by atoms with Gasteiger partial charge in [0.1, 0.15) is 5.75 Å². The van der Waals surface area contributed by atoms with Gasteiger partial charge in [-0.05, 0) is 44.5 Å². The van der Waals surface area contributed by atoms with Gasteiger partial charge < -0.3 is 15.7 Å². The van der Waals surface area contributed by atoms with Crippen molar-refractivity contribution in [1.29, 1.82) is 0 Å². The molecule has 0 aromatic heterocycles. The molecule has 110 valence electrons. The van der Waals surface area contributed by atoms with Gasteiger partial charge in [-0.15, -0.1) is 0 Å². The molecule has 1 fully saturated rings. The third-order valence-electron chi connectivity index (χ3n) is 3.92. The molecule has 0 spiro atoms. The van der Waals surface area contributed by atoms with E-state index in [1.165, 1.54) is 0 Å². The number of nitrogens with zero attached hydrogens (tertiary/aromatic N) is 1. The van der Waals surface area contributed by atoms with Crippen molar-refractivity contribution < 1.29 is 9.90 Å². The van der Waals surface area contributed by atoms with E-state index in [-0.39, 0.29) is 11.7 Å². The quantitative estimate of drug-likeness (QED) is 0.729. The summed E-state index contributed by atoms with van der Waals surface area (Å²) in [7, 11) is 0. The first-order valence-corrected chi connectivity index (χ1v) is 6.98. The van der Waals surface area contributed by atoms with Crippen LogP contribution in [0.3, 0.4) is 0 Å². The summed E-state index contributed by atoms with van der Waals surface area (Å²) < 4.78 is 0. The zero-order valence-corrected chi connectivity index (χ0v) is 12.4. The lowest BCUT2D eigenvalue weighted by atomic mass is 10.00. The van der Waals surface area contributed by atoms with Gasteiger partial charge in [0, 0.05) is 31.9 Å². The molecule has 1 aromatic rings. The maximum Gasteiger partial charge on any atom is 0.244 e. The van der Waals surface area contributed by atoms with Gasteiger partial charge in [-0.1, -0.05) is 0 Å². The fourth-order valence-corrected chi connectivity index (χ4v) is 2.38. The molecule has 1 heterocycles. The van der Waals surface area contributed by atoms with Gasteiger partial charge >= 0.3 is 0 Å². The van der Waals surface area contributed by atoms with Crippen LogP contribution in [0, 0.1) is 6.92 Å². The van der Waals surface area contributed by atoms with E-state index in [0.29, 0.717) is 5.69 Å². The highest BCUT2D eigenvalue weighted by atomic mass is 16.3. The molecule has 1 saturated heterocycles. The summed E-state index contributed by atoms with van der Waals surface area (Å²) >= 11 is 0. The molecule has 1 aliphatic heterocycles. The predicted octanol–water partition coefficient (Wildman–Crippen LogP) is 1.32. The summed E-state index contributed by atoms with van der Waals surface area (Å²) in [4.78, 5) is 14.7. The van der Waals surface area contributed by atoms with Crippen LogP contribution in [0.1, 0.15) is 19.4 Å². The minimum absolute atomic E-state index is 0.0236. The third-order valence-corrected chi connectivity index (χ3v) is 3.92. The number of benzene rings is 1. The van der Waals surface area contributed by atoms with Crippen LogP contribution in [0.5, 0.6) is 5.75 Å². The third kappa shape index (κ3) is 3.11. The Labute approximate surface area is 120 Å². The van der Waals surface area contributed by atoms with Crippen molar-refractivity contribution in [2.45, 2.75) is 26.3 Å². The molecular weight excluding hydrogens is 254 g/mol. The smallest absolute Gasteiger partial charge is 0.244 e. The number of phenols is 1. The topological polar surface area (TPSA) is 64.6 Å². The Kier molecular flexibility index (Phi) is 4.30. The number of aromatic hydroxyl groups is 1. The Morgan fingerprint density at radius 1 is 1.35 bits per heavy atom. The Hall–Kier alpha value is -1.59.